The highest BCUT2D eigenvalue weighted by Crippen LogP contribution is 2.17. The predicted molar refractivity (Wildman–Crippen MR) is 80.1 cm³/mol. The van der Waals surface area contributed by atoms with Crippen molar-refractivity contribution in [1.82, 2.24) is 5.32 Å². The van der Waals surface area contributed by atoms with E-state index in [-0.39, 0.29) is 5.69 Å². The van der Waals surface area contributed by atoms with Crippen molar-refractivity contribution >= 4 is 23.3 Å². The van der Waals surface area contributed by atoms with E-state index in [0.717, 1.165) is 18.2 Å². The minimum Gasteiger partial charge on any atom is -0.471 e. The molecule has 4 nitrogen and oxygen atoms in total. The van der Waals surface area contributed by atoms with Gasteiger partial charge in [0.1, 0.15) is 17.4 Å². The zero-order valence-electron chi connectivity index (χ0n) is 11.6. The molecule has 2 aromatic carbocycles. The van der Waals surface area contributed by atoms with E-state index in [1.54, 1.807) is 31.2 Å². The van der Waals surface area contributed by atoms with Gasteiger partial charge in [0.15, 0.2) is 6.23 Å². The van der Waals surface area contributed by atoms with Gasteiger partial charge in [-0.05, 0) is 43.3 Å². The molecule has 1 atom stereocenters. The number of hydrogen-bond donors (Lipinski definition) is 2. The zero-order chi connectivity index (χ0) is 16.1. The number of carbonyl (C=O) groups excluding carboxylic acids is 1. The number of hydrogen-bond acceptors (Lipinski definition) is 2. The summed E-state index contributed by atoms with van der Waals surface area (Å²) in [4.78, 5) is 11.7. The van der Waals surface area contributed by atoms with Gasteiger partial charge in [-0.15, -0.1) is 0 Å². The van der Waals surface area contributed by atoms with Gasteiger partial charge in [0.05, 0.1) is 5.69 Å². The number of rotatable bonds is 4. The summed E-state index contributed by atoms with van der Waals surface area (Å²) in [5, 5.41) is 5.22. The van der Waals surface area contributed by atoms with Crippen molar-refractivity contribution in [3.05, 3.63) is 59.1 Å². The van der Waals surface area contributed by atoms with Crippen LogP contribution in [0.1, 0.15) is 6.92 Å². The number of carbonyl (C=O) groups is 1. The number of urea groups is 1. The summed E-state index contributed by atoms with van der Waals surface area (Å²) in [5.41, 5.74) is -0.254. The molecule has 0 radical (unpaired) electrons. The van der Waals surface area contributed by atoms with Crippen LogP contribution in [0.3, 0.4) is 0 Å². The lowest BCUT2D eigenvalue weighted by atomic mass is 10.3. The van der Waals surface area contributed by atoms with Crippen LogP contribution in [0.4, 0.5) is 19.3 Å². The van der Waals surface area contributed by atoms with Crippen molar-refractivity contribution in [3.8, 4) is 5.75 Å². The maximum Gasteiger partial charge on any atom is 0.322 e. The average molecular weight is 327 g/mol. The lowest BCUT2D eigenvalue weighted by Crippen LogP contribution is -2.39. The third-order valence-electron chi connectivity index (χ3n) is 2.64. The number of amides is 2. The van der Waals surface area contributed by atoms with Crippen LogP contribution >= 0.6 is 11.6 Å². The van der Waals surface area contributed by atoms with E-state index < -0.39 is 23.9 Å². The Balaban J connectivity index is 1.91. The van der Waals surface area contributed by atoms with Crippen LogP contribution in [-0.4, -0.2) is 12.3 Å². The summed E-state index contributed by atoms with van der Waals surface area (Å²) in [7, 11) is 0. The van der Waals surface area contributed by atoms with Crippen LogP contribution < -0.4 is 15.4 Å². The van der Waals surface area contributed by atoms with Gasteiger partial charge in [-0.3, -0.25) is 0 Å². The first-order chi connectivity index (χ1) is 10.4. The normalized spacial score (nSPS) is 11.6. The van der Waals surface area contributed by atoms with Crippen LogP contribution in [0, 0.1) is 11.6 Å². The fraction of sp³-hybridized carbons (Fsp3) is 0.133. The second kappa shape index (κ2) is 7.09. The first-order valence-corrected chi connectivity index (χ1v) is 6.76. The third kappa shape index (κ3) is 4.60. The van der Waals surface area contributed by atoms with Crippen molar-refractivity contribution in [2.45, 2.75) is 13.2 Å². The molecule has 0 aromatic heterocycles. The maximum absolute atomic E-state index is 13.4. The third-order valence-corrected chi connectivity index (χ3v) is 2.89. The molecule has 22 heavy (non-hydrogen) atoms. The molecule has 0 aliphatic rings. The highest BCUT2D eigenvalue weighted by molar-refractivity contribution is 6.30. The van der Waals surface area contributed by atoms with Crippen LogP contribution in [0.2, 0.25) is 5.02 Å². The smallest absolute Gasteiger partial charge is 0.322 e. The molecule has 0 saturated heterocycles. The predicted octanol–water partition coefficient (Wildman–Crippen LogP) is 4.16. The van der Waals surface area contributed by atoms with E-state index in [4.69, 9.17) is 16.3 Å². The molecule has 116 valence electrons. The molecule has 0 aliphatic carbocycles. The summed E-state index contributed by atoms with van der Waals surface area (Å²) in [6.45, 7) is 1.59. The minimum atomic E-state index is -0.733. The second-order valence-corrected chi connectivity index (χ2v) is 4.87. The van der Waals surface area contributed by atoms with Crippen molar-refractivity contribution in [2.24, 2.45) is 0 Å². The van der Waals surface area contributed by atoms with Crippen LogP contribution in [-0.2, 0) is 0 Å². The van der Waals surface area contributed by atoms with E-state index in [9.17, 15) is 13.6 Å². The summed E-state index contributed by atoms with van der Waals surface area (Å²) in [6, 6.07) is 8.64. The molecule has 2 amide bonds. The molecule has 2 N–H and O–H groups in total. The molecular weight excluding hydrogens is 314 g/mol. The van der Waals surface area contributed by atoms with Crippen molar-refractivity contribution in [1.29, 1.82) is 0 Å². The van der Waals surface area contributed by atoms with Gasteiger partial charge in [0, 0.05) is 11.1 Å². The number of nitrogens with one attached hydrogen (secondary N) is 2. The SMILES string of the molecule is CC(NC(=O)Nc1cc(F)ccc1F)Oc1ccc(Cl)cc1. The van der Waals surface area contributed by atoms with Crippen LogP contribution in [0.5, 0.6) is 5.75 Å². The molecule has 2 aromatic rings. The number of anilines is 1. The van der Waals surface area contributed by atoms with Gasteiger partial charge in [-0.2, -0.15) is 0 Å². The Morgan fingerprint density at radius 3 is 2.55 bits per heavy atom. The first-order valence-electron chi connectivity index (χ1n) is 6.39. The highest BCUT2D eigenvalue weighted by atomic mass is 35.5. The van der Waals surface area contributed by atoms with Gasteiger partial charge < -0.3 is 15.4 Å². The number of halogens is 3. The van der Waals surface area contributed by atoms with Gasteiger partial charge >= 0.3 is 6.03 Å². The molecule has 2 rings (SSSR count). The topological polar surface area (TPSA) is 50.4 Å². The summed E-state index contributed by atoms with van der Waals surface area (Å²) in [5.74, 6) is -0.876. The zero-order valence-corrected chi connectivity index (χ0v) is 12.3. The number of benzene rings is 2. The lowest BCUT2D eigenvalue weighted by molar-refractivity contribution is 0.183. The Hall–Kier alpha value is -2.34. The Morgan fingerprint density at radius 2 is 1.86 bits per heavy atom. The summed E-state index contributed by atoms with van der Waals surface area (Å²) >= 11 is 5.75. The van der Waals surface area contributed by atoms with Crippen molar-refractivity contribution < 1.29 is 18.3 Å². The Kier molecular flexibility index (Phi) is 5.16. The standard InChI is InChI=1S/C15H13ClF2N2O2/c1-9(22-12-5-2-10(16)3-6-12)19-15(21)20-14-8-11(17)4-7-13(14)18/h2-9H,1H3,(H2,19,20,21). The molecule has 1 unspecified atom stereocenters. The second-order valence-electron chi connectivity index (χ2n) is 4.44. The largest absolute Gasteiger partial charge is 0.471 e. The maximum atomic E-state index is 13.4. The van der Waals surface area contributed by atoms with E-state index >= 15 is 0 Å². The van der Waals surface area contributed by atoms with E-state index in [1.807, 2.05) is 0 Å². The lowest BCUT2D eigenvalue weighted by Gasteiger charge is -2.17. The molecule has 0 spiro atoms. The fourth-order valence-electron chi connectivity index (χ4n) is 1.68. The quantitative estimate of drug-likeness (QED) is 0.829. The minimum absolute atomic E-state index is 0.254. The molecule has 0 fully saturated rings. The van der Waals surface area contributed by atoms with Gasteiger partial charge in [0.2, 0.25) is 0 Å². The average Bonchev–Trinajstić information content (AvgIpc) is 2.45. The first kappa shape index (κ1) is 16.0. The van der Waals surface area contributed by atoms with Crippen molar-refractivity contribution in [2.75, 3.05) is 5.32 Å². The summed E-state index contributed by atoms with van der Waals surface area (Å²) in [6.07, 6.45) is -0.683. The van der Waals surface area contributed by atoms with E-state index in [2.05, 4.69) is 10.6 Å². The van der Waals surface area contributed by atoms with E-state index in [0.29, 0.717) is 10.8 Å². The van der Waals surface area contributed by atoms with Crippen molar-refractivity contribution in [3.63, 3.8) is 0 Å². The van der Waals surface area contributed by atoms with Crippen LogP contribution in [0.15, 0.2) is 42.5 Å². The molecule has 0 bridgehead atoms. The molecular formula is C15H13ClF2N2O2. The highest BCUT2D eigenvalue weighted by Gasteiger charge is 2.11. The Labute approximate surface area is 131 Å². The molecule has 7 heteroatoms. The van der Waals surface area contributed by atoms with E-state index in [1.165, 1.54) is 0 Å². The molecule has 0 aliphatic heterocycles. The summed E-state index contributed by atoms with van der Waals surface area (Å²) < 4.78 is 31.8. The molecule has 0 saturated carbocycles. The Bertz CT molecular complexity index is 665. The molecule has 0 heterocycles. The van der Waals surface area contributed by atoms with Gasteiger partial charge in [-0.1, -0.05) is 11.6 Å². The van der Waals surface area contributed by atoms with Gasteiger partial charge in [0.25, 0.3) is 0 Å². The van der Waals surface area contributed by atoms with Crippen LogP contribution in [0.25, 0.3) is 0 Å². The number of ether oxygens (including phenoxy) is 1. The fourth-order valence-corrected chi connectivity index (χ4v) is 1.81. The Morgan fingerprint density at radius 1 is 1.18 bits per heavy atom. The monoisotopic (exact) mass is 326 g/mol. The van der Waals surface area contributed by atoms with Gasteiger partial charge in [-0.25, -0.2) is 13.6 Å².